The predicted molar refractivity (Wildman–Crippen MR) is 80.3 cm³/mol. The summed E-state index contributed by atoms with van der Waals surface area (Å²) in [6.45, 7) is 0.886. The van der Waals surface area contributed by atoms with Crippen molar-refractivity contribution in [2.75, 3.05) is 24.7 Å². The molecule has 3 nitrogen and oxygen atoms in total. The average molecular weight is 285 g/mol. The van der Waals surface area contributed by atoms with Gasteiger partial charge in [-0.15, -0.1) is 0 Å². The van der Waals surface area contributed by atoms with E-state index in [0.29, 0.717) is 18.9 Å². The minimum Gasteiger partial charge on any atom is -0.396 e. The highest BCUT2D eigenvalue weighted by Gasteiger charge is 2.31. The first-order chi connectivity index (χ1) is 9.24. The Balaban J connectivity index is 1.72. The lowest BCUT2D eigenvalue weighted by Crippen LogP contribution is -2.41. The van der Waals surface area contributed by atoms with Crippen molar-refractivity contribution in [1.29, 1.82) is 0 Å². The molecule has 1 aliphatic heterocycles. The highest BCUT2D eigenvalue weighted by molar-refractivity contribution is 7.99. The van der Waals surface area contributed by atoms with Crippen LogP contribution in [-0.4, -0.2) is 35.7 Å². The lowest BCUT2D eigenvalue weighted by molar-refractivity contribution is -0.122. The molecule has 2 rings (SSSR count). The van der Waals surface area contributed by atoms with Crippen LogP contribution in [0.3, 0.4) is 0 Å². The zero-order chi connectivity index (χ0) is 13.6. The summed E-state index contributed by atoms with van der Waals surface area (Å²) in [5, 5.41) is 12.7. The second kappa shape index (κ2) is 7.53. The van der Waals surface area contributed by atoms with Gasteiger partial charge >= 0.3 is 0 Å². The van der Waals surface area contributed by atoms with Gasteiger partial charge in [-0.2, -0.15) is 11.8 Å². The van der Waals surface area contributed by atoms with Crippen molar-refractivity contribution >= 4 is 17.7 Å². The fourth-order valence-corrected chi connectivity index (χ4v) is 4.47. The van der Waals surface area contributed by atoms with Crippen LogP contribution < -0.4 is 5.32 Å². The molecular formula is C15H27NO2S. The Labute approximate surface area is 120 Å². The van der Waals surface area contributed by atoms with Crippen LogP contribution in [0.25, 0.3) is 0 Å². The van der Waals surface area contributed by atoms with Crippen molar-refractivity contribution < 1.29 is 9.90 Å². The van der Waals surface area contributed by atoms with E-state index in [1.807, 2.05) is 11.8 Å². The maximum atomic E-state index is 12.0. The molecule has 0 unspecified atom stereocenters. The van der Waals surface area contributed by atoms with Gasteiger partial charge in [-0.1, -0.05) is 19.3 Å². The number of aliphatic hydroxyl groups is 1. The Morgan fingerprint density at radius 1 is 1.21 bits per heavy atom. The average Bonchev–Trinajstić information content (AvgIpc) is 2.47. The van der Waals surface area contributed by atoms with Crippen molar-refractivity contribution in [3.05, 3.63) is 0 Å². The van der Waals surface area contributed by atoms with Crippen LogP contribution in [0.1, 0.15) is 51.4 Å². The maximum Gasteiger partial charge on any atom is 0.220 e. The highest BCUT2D eigenvalue weighted by Crippen LogP contribution is 2.35. The largest absolute Gasteiger partial charge is 0.396 e. The Morgan fingerprint density at radius 2 is 1.89 bits per heavy atom. The van der Waals surface area contributed by atoms with Gasteiger partial charge in [0, 0.05) is 18.4 Å². The topological polar surface area (TPSA) is 49.3 Å². The van der Waals surface area contributed by atoms with E-state index in [4.69, 9.17) is 0 Å². The predicted octanol–water partition coefficient (Wildman–Crippen LogP) is 2.58. The third-order valence-electron chi connectivity index (χ3n) is 4.73. The van der Waals surface area contributed by atoms with E-state index in [-0.39, 0.29) is 17.9 Å². The second-order valence-corrected chi connectivity index (χ2v) is 7.48. The summed E-state index contributed by atoms with van der Waals surface area (Å²) in [5.74, 6) is 3.19. The number of hydrogen-bond acceptors (Lipinski definition) is 3. The van der Waals surface area contributed by atoms with E-state index in [1.165, 1.54) is 43.6 Å². The monoisotopic (exact) mass is 285 g/mol. The number of rotatable bonds is 5. The molecule has 110 valence electrons. The van der Waals surface area contributed by atoms with Gasteiger partial charge in [0.2, 0.25) is 5.91 Å². The zero-order valence-corrected chi connectivity index (χ0v) is 12.6. The lowest BCUT2D eigenvalue weighted by Gasteiger charge is -2.35. The minimum atomic E-state index is -0.0314. The standard InChI is InChI=1S/C15H27NO2S/c17-12-15(6-2-1-3-7-15)11-16-14(18)10-13-4-8-19-9-5-13/h13,17H,1-12H2,(H,16,18). The summed E-state index contributed by atoms with van der Waals surface area (Å²) in [6.07, 6.45) is 8.82. The third-order valence-corrected chi connectivity index (χ3v) is 5.77. The number of nitrogens with one attached hydrogen (secondary N) is 1. The van der Waals surface area contributed by atoms with Gasteiger partial charge in [0.25, 0.3) is 0 Å². The van der Waals surface area contributed by atoms with E-state index >= 15 is 0 Å². The molecule has 1 saturated carbocycles. The van der Waals surface area contributed by atoms with Crippen LogP contribution in [0.4, 0.5) is 0 Å². The van der Waals surface area contributed by atoms with Gasteiger partial charge in [0.1, 0.15) is 0 Å². The Hall–Kier alpha value is -0.220. The molecule has 2 N–H and O–H groups in total. The number of carbonyl (C=O) groups excluding carboxylic acids is 1. The Morgan fingerprint density at radius 3 is 2.53 bits per heavy atom. The van der Waals surface area contributed by atoms with E-state index in [9.17, 15) is 9.90 Å². The molecule has 0 spiro atoms. The molecule has 4 heteroatoms. The summed E-state index contributed by atoms with van der Waals surface area (Å²) in [5.41, 5.74) is -0.0314. The van der Waals surface area contributed by atoms with E-state index < -0.39 is 0 Å². The van der Waals surface area contributed by atoms with Gasteiger partial charge in [-0.25, -0.2) is 0 Å². The molecule has 1 heterocycles. The molecular weight excluding hydrogens is 258 g/mol. The van der Waals surface area contributed by atoms with Gasteiger partial charge in [0.15, 0.2) is 0 Å². The zero-order valence-electron chi connectivity index (χ0n) is 11.8. The molecule has 2 fully saturated rings. The molecule has 0 aromatic carbocycles. The van der Waals surface area contributed by atoms with E-state index in [0.717, 1.165) is 12.8 Å². The molecule has 19 heavy (non-hydrogen) atoms. The van der Waals surface area contributed by atoms with Crippen LogP contribution in [0.2, 0.25) is 0 Å². The number of amides is 1. The molecule has 0 atom stereocenters. The number of thioether (sulfide) groups is 1. The molecule has 1 aliphatic carbocycles. The third kappa shape index (κ3) is 4.67. The molecule has 1 saturated heterocycles. The maximum absolute atomic E-state index is 12.0. The molecule has 0 bridgehead atoms. The minimum absolute atomic E-state index is 0.0314. The van der Waals surface area contributed by atoms with Gasteiger partial charge in [-0.05, 0) is 43.1 Å². The van der Waals surface area contributed by atoms with Crippen molar-refractivity contribution in [3.63, 3.8) is 0 Å². The van der Waals surface area contributed by atoms with Crippen LogP contribution in [-0.2, 0) is 4.79 Å². The normalized spacial score (nSPS) is 24.1. The Kier molecular flexibility index (Phi) is 6.02. The first-order valence-electron chi connectivity index (χ1n) is 7.69. The summed E-state index contributed by atoms with van der Waals surface area (Å²) >= 11 is 2.00. The van der Waals surface area contributed by atoms with E-state index in [2.05, 4.69) is 5.32 Å². The Bertz CT molecular complexity index is 284. The van der Waals surface area contributed by atoms with E-state index in [1.54, 1.807) is 0 Å². The molecule has 0 aromatic heterocycles. The van der Waals surface area contributed by atoms with Gasteiger partial charge < -0.3 is 10.4 Å². The van der Waals surface area contributed by atoms with Crippen molar-refractivity contribution in [1.82, 2.24) is 5.32 Å². The van der Waals surface area contributed by atoms with Gasteiger partial charge in [-0.3, -0.25) is 4.79 Å². The van der Waals surface area contributed by atoms with Crippen LogP contribution in [0.15, 0.2) is 0 Å². The van der Waals surface area contributed by atoms with Crippen molar-refractivity contribution in [2.45, 2.75) is 51.4 Å². The van der Waals surface area contributed by atoms with Crippen molar-refractivity contribution in [3.8, 4) is 0 Å². The van der Waals surface area contributed by atoms with Crippen LogP contribution in [0, 0.1) is 11.3 Å². The quantitative estimate of drug-likeness (QED) is 0.816. The first-order valence-corrected chi connectivity index (χ1v) is 8.85. The highest BCUT2D eigenvalue weighted by atomic mass is 32.2. The molecule has 0 radical (unpaired) electrons. The molecule has 1 amide bonds. The fraction of sp³-hybridized carbons (Fsp3) is 0.933. The summed E-state index contributed by atoms with van der Waals surface area (Å²) < 4.78 is 0. The summed E-state index contributed by atoms with van der Waals surface area (Å²) in [6, 6.07) is 0. The number of carbonyl (C=O) groups is 1. The molecule has 2 aliphatic rings. The number of aliphatic hydroxyl groups excluding tert-OH is 1. The summed E-state index contributed by atoms with van der Waals surface area (Å²) in [4.78, 5) is 12.0. The van der Waals surface area contributed by atoms with Crippen molar-refractivity contribution in [2.24, 2.45) is 11.3 Å². The van der Waals surface area contributed by atoms with Crippen LogP contribution >= 0.6 is 11.8 Å². The summed E-state index contributed by atoms with van der Waals surface area (Å²) in [7, 11) is 0. The SMILES string of the molecule is O=C(CC1CCSCC1)NCC1(CO)CCCCC1. The van der Waals surface area contributed by atoms with Crippen LogP contribution in [0.5, 0.6) is 0 Å². The number of hydrogen-bond donors (Lipinski definition) is 2. The lowest BCUT2D eigenvalue weighted by atomic mass is 9.74. The molecule has 0 aromatic rings. The second-order valence-electron chi connectivity index (χ2n) is 6.26. The smallest absolute Gasteiger partial charge is 0.220 e. The first kappa shape index (κ1) is 15.2. The fourth-order valence-electron chi connectivity index (χ4n) is 3.26. The van der Waals surface area contributed by atoms with Gasteiger partial charge in [0.05, 0.1) is 6.61 Å².